The molecule has 1 unspecified atom stereocenters. The average molecular weight is 583 g/mol. The van der Waals surface area contributed by atoms with Gasteiger partial charge in [0.2, 0.25) is 0 Å². The molecule has 0 N–H and O–H groups in total. The highest BCUT2D eigenvalue weighted by atomic mass is 32.2. The highest BCUT2D eigenvalue weighted by Crippen LogP contribution is 2.40. The molecule has 0 aliphatic carbocycles. The lowest BCUT2D eigenvalue weighted by atomic mass is 10.1. The van der Waals surface area contributed by atoms with Crippen molar-refractivity contribution in [3.05, 3.63) is 144 Å². The van der Waals surface area contributed by atoms with Crippen LogP contribution in [0.25, 0.3) is 0 Å². The van der Waals surface area contributed by atoms with E-state index in [1.54, 1.807) is 121 Å². The molecule has 212 valence electrons. The predicted octanol–water partition coefficient (Wildman–Crippen LogP) is 5.59. The van der Waals surface area contributed by atoms with E-state index < -0.39 is 46.8 Å². The minimum Gasteiger partial charge on any atom is -0.461 e. The summed E-state index contributed by atoms with van der Waals surface area (Å²) in [5, 5.41) is -0.729. The first kappa shape index (κ1) is 28.6. The lowest BCUT2D eigenvalue weighted by Gasteiger charge is -2.25. The van der Waals surface area contributed by atoms with Gasteiger partial charge < -0.3 is 18.9 Å². The Kier molecular flexibility index (Phi) is 9.30. The van der Waals surface area contributed by atoms with Gasteiger partial charge in [0, 0.05) is 0 Å². The van der Waals surface area contributed by atoms with Crippen LogP contribution in [-0.4, -0.2) is 53.4 Å². The van der Waals surface area contributed by atoms with E-state index >= 15 is 0 Å². The first-order valence-electron chi connectivity index (χ1n) is 13.2. The van der Waals surface area contributed by atoms with Crippen LogP contribution in [0.4, 0.5) is 0 Å². The average Bonchev–Trinajstić information content (AvgIpc) is 3.35. The number of esters is 4. The molecular formula is C33H26O8S. The molecule has 4 aromatic carbocycles. The summed E-state index contributed by atoms with van der Waals surface area (Å²) in [5.74, 6) is -2.59. The highest BCUT2D eigenvalue weighted by molar-refractivity contribution is 8.00. The van der Waals surface area contributed by atoms with Crippen LogP contribution in [0.2, 0.25) is 0 Å². The molecule has 1 aliphatic rings. The van der Waals surface area contributed by atoms with Crippen molar-refractivity contribution < 1.29 is 38.1 Å². The molecule has 0 bridgehead atoms. The molecule has 0 amide bonds. The van der Waals surface area contributed by atoms with Gasteiger partial charge in [0.15, 0.2) is 17.6 Å². The summed E-state index contributed by atoms with van der Waals surface area (Å²) in [4.78, 5) is 52.1. The number of thioether (sulfide) groups is 1. The summed E-state index contributed by atoms with van der Waals surface area (Å²) in [6.45, 7) is -0.204. The summed E-state index contributed by atoms with van der Waals surface area (Å²) in [6, 6.07) is 33.4. The molecule has 1 aliphatic heterocycles. The fourth-order valence-corrected chi connectivity index (χ4v) is 5.65. The maximum atomic E-state index is 13.2. The van der Waals surface area contributed by atoms with Gasteiger partial charge in [-0.05, 0) is 48.5 Å². The third-order valence-electron chi connectivity index (χ3n) is 6.39. The third-order valence-corrected chi connectivity index (χ3v) is 7.78. The van der Waals surface area contributed by atoms with E-state index in [0.29, 0.717) is 11.1 Å². The molecule has 4 atom stereocenters. The second kappa shape index (κ2) is 13.6. The van der Waals surface area contributed by atoms with E-state index in [4.69, 9.17) is 18.9 Å². The molecule has 9 heteroatoms. The summed E-state index contributed by atoms with van der Waals surface area (Å²) in [7, 11) is 0. The molecule has 1 fully saturated rings. The van der Waals surface area contributed by atoms with E-state index in [1.807, 2.05) is 0 Å². The molecular weight excluding hydrogens is 556 g/mol. The zero-order valence-electron chi connectivity index (χ0n) is 22.2. The first-order chi connectivity index (χ1) is 20.5. The van der Waals surface area contributed by atoms with Crippen LogP contribution in [0.3, 0.4) is 0 Å². The SMILES string of the molecule is O=C(OC[C@H]1SC(OC(=O)c2ccccc2)[C@H](OC(=O)c2ccccc2)[C@H]1OC(=O)c1ccccc1)c1ccccc1. The molecule has 0 aromatic heterocycles. The van der Waals surface area contributed by atoms with Crippen molar-refractivity contribution in [2.45, 2.75) is 22.9 Å². The van der Waals surface area contributed by atoms with E-state index in [9.17, 15) is 19.2 Å². The van der Waals surface area contributed by atoms with Gasteiger partial charge in [-0.25, -0.2) is 19.2 Å². The Morgan fingerprint density at radius 3 is 1.26 bits per heavy atom. The quantitative estimate of drug-likeness (QED) is 0.184. The Balaban J connectivity index is 1.43. The van der Waals surface area contributed by atoms with Crippen molar-refractivity contribution >= 4 is 35.6 Å². The van der Waals surface area contributed by atoms with Crippen LogP contribution in [0.1, 0.15) is 41.4 Å². The maximum absolute atomic E-state index is 13.2. The second-order valence-corrected chi connectivity index (χ2v) is 10.6. The fourth-order valence-electron chi connectivity index (χ4n) is 4.28. The van der Waals surface area contributed by atoms with Crippen LogP contribution >= 0.6 is 11.8 Å². The number of hydrogen-bond donors (Lipinski definition) is 0. The number of hydrogen-bond acceptors (Lipinski definition) is 9. The van der Waals surface area contributed by atoms with Gasteiger partial charge in [-0.3, -0.25) is 0 Å². The zero-order valence-corrected chi connectivity index (χ0v) is 23.1. The van der Waals surface area contributed by atoms with Crippen LogP contribution in [0.15, 0.2) is 121 Å². The molecule has 5 rings (SSSR count). The van der Waals surface area contributed by atoms with Crippen LogP contribution in [-0.2, 0) is 18.9 Å². The van der Waals surface area contributed by atoms with E-state index in [-0.39, 0.29) is 17.7 Å². The number of carbonyl (C=O) groups is 4. The topological polar surface area (TPSA) is 105 Å². The van der Waals surface area contributed by atoms with Crippen molar-refractivity contribution in [1.82, 2.24) is 0 Å². The number of carbonyl (C=O) groups excluding carboxylic acids is 4. The minimum atomic E-state index is -1.21. The van der Waals surface area contributed by atoms with Gasteiger partial charge in [-0.1, -0.05) is 72.8 Å². The Hall–Kier alpha value is -4.89. The number of benzene rings is 4. The largest absolute Gasteiger partial charge is 0.461 e. The third kappa shape index (κ3) is 7.05. The number of rotatable bonds is 9. The van der Waals surface area contributed by atoms with Crippen molar-refractivity contribution in [3.8, 4) is 0 Å². The summed E-state index contributed by atoms with van der Waals surface area (Å²) < 4.78 is 23.1. The molecule has 1 saturated heterocycles. The Morgan fingerprint density at radius 1 is 0.476 bits per heavy atom. The van der Waals surface area contributed by atoms with Crippen LogP contribution < -0.4 is 0 Å². The molecule has 8 nitrogen and oxygen atoms in total. The molecule has 4 aromatic rings. The summed E-state index contributed by atoms with van der Waals surface area (Å²) in [5.41, 5.74) is 0.114. The van der Waals surface area contributed by atoms with Crippen molar-refractivity contribution in [2.75, 3.05) is 6.61 Å². The minimum absolute atomic E-state index is 0.204. The van der Waals surface area contributed by atoms with Crippen LogP contribution in [0, 0.1) is 0 Å². The van der Waals surface area contributed by atoms with Gasteiger partial charge in [0.25, 0.3) is 0 Å². The van der Waals surface area contributed by atoms with E-state index in [2.05, 4.69) is 0 Å². The Labute approximate surface area is 246 Å². The predicted molar refractivity (Wildman–Crippen MR) is 155 cm³/mol. The van der Waals surface area contributed by atoms with Gasteiger partial charge in [-0.15, -0.1) is 11.8 Å². The molecule has 0 saturated carbocycles. The first-order valence-corrected chi connectivity index (χ1v) is 14.1. The summed E-state index contributed by atoms with van der Waals surface area (Å²) >= 11 is 1.09. The molecule has 0 radical (unpaired) electrons. The maximum Gasteiger partial charge on any atom is 0.339 e. The lowest BCUT2D eigenvalue weighted by Crippen LogP contribution is -2.42. The smallest absolute Gasteiger partial charge is 0.339 e. The Morgan fingerprint density at radius 2 is 0.833 bits per heavy atom. The fraction of sp³-hybridized carbons (Fsp3) is 0.152. The highest BCUT2D eigenvalue weighted by Gasteiger charge is 2.52. The lowest BCUT2D eigenvalue weighted by molar-refractivity contribution is -0.0607. The molecule has 0 spiro atoms. The van der Waals surface area contributed by atoms with E-state index in [0.717, 1.165) is 11.8 Å². The standard InChI is InChI=1S/C33H26O8S/c34-29(22-13-5-1-6-14-22)38-21-26-27(39-30(35)23-15-7-2-8-16-23)28(40-31(36)24-17-9-3-10-18-24)33(42-26)41-32(37)25-19-11-4-12-20-25/h1-20,26-28,33H,21H2/t26-,27+,28-,33?/m1/s1. The van der Waals surface area contributed by atoms with Crippen molar-refractivity contribution in [2.24, 2.45) is 0 Å². The van der Waals surface area contributed by atoms with Gasteiger partial charge in [0.1, 0.15) is 6.61 Å². The monoisotopic (exact) mass is 582 g/mol. The molecule has 42 heavy (non-hydrogen) atoms. The van der Waals surface area contributed by atoms with Crippen molar-refractivity contribution in [1.29, 1.82) is 0 Å². The normalized spacial score (nSPS) is 19.3. The summed E-state index contributed by atoms with van der Waals surface area (Å²) in [6.07, 6.45) is -2.32. The van der Waals surface area contributed by atoms with Gasteiger partial charge in [0.05, 0.1) is 27.5 Å². The zero-order chi connectivity index (χ0) is 29.3. The van der Waals surface area contributed by atoms with Crippen molar-refractivity contribution in [3.63, 3.8) is 0 Å². The molecule has 1 heterocycles. The van der Waals surface area contributed by atoms with Crippen LogP contribution in [0.5, 0.6) is 0 Å². The van der Waals surface area contributed by atoms with Gasteiger partial charge in [-0.2, -0.15) is 0 Å². The Bertz CT molecular complexity index is 1510. The number of ether oxygens (including phenoxy) is 4. The second-order valence-electron chi connectivity index (χ2n) is 9.25. The van der Waals surface area contributed by atoms with Gasteiger partial charge >= 0.3 is 23.9 Å². The van der Waals surface area contributed by atoms with E-state index in [1.165, 1.54) is 0 Å².